The molecule has 1 aliphatic carbocycles. The molecule has 24 heavy (non-hydrogen) atoms. The zero-order valence-corrected chi connectivity index (χ0v) is 15.1. The molecule has 0 bridgehead atoms. The van der Waals surface area contributed by atoms with Gasteiger partial charge in [-0.3, -0.25) is 4.79 Å². The van der Waals surface area contributed by atoms with E-state index in [9.17, 15) is 4.79 Å². The summed E-state index contributed by atoms with van der Waals surface area (Å²) < 4.78 is 7.61. The van der Waals surface area contributed by atoms with Crippen LogP contribution in [-0.4, -0.2) is 25.8 Å². The second kappa shape index (κ2) is 8.03. The van der Waals surface area contributed by atoms with Crippen LogP contribution in [-0.2, 0) is 18.4 Å². The van der Waals surface area contributed by atoms with Crippen LogP contribution >= 0.6 is 23.4 Å². The Hall–Kier alpha value is -1.53. The van der Waals surface area contributed by atoms with Crippen molar-refractivity contribution in [1.82, 2.24) is 14.8 Å². The summed E-state index contributed by atoms with van der Waals surface area (Å²) >= 11 is 7.60. The lowest BCUT2D eigenvalue weighted by Gasteiger charge is -2.12. The highest BCUT2D eigenvalue weighted by Gasteiger charge is 2.24. The number of aromatic nitrogens is 3. The molecule has 0 aliphatic heterocycles. The Balaban J connectivity index is 1.65. The normalized spacial score (nSPS) is 18.4. The number of ether oxygens (including phenoxy) is 1. The molecule has 1 aromatic carbocycles. The maximum Gasteiger partial charge on any atom is 0.191 e. The highest BCUT2D eigenvalue weighted by molar-refractivity contribution is 8.00. The van der Waals surface area contributed by atoms with Gasteiger partial charge in [-0.25, -0.2) is 0 Å². The van der Waals surface area contributed by atoms with Crippen molar-refractivity contribution < 1.29 is 9.53 Å². The predicted molar refractivity (Wildman–Crippen MR) is 94.5 cm³/mol. The number of thioether (sulfide) groups is 1. The third-order valence-corrected chi connectivity index (χ3v) is 5.78. The van der Waals surface area contributed by atoms with E-state index in [-0.39, 0.29) is 11.9 Å². The Kier molecular flexibility index (Phi) is 5.79. The molecule has 2 aromatic rings. The number of halogens is 1. The second-order valence-electron chi connectivity index (χ2n) is 5.85. The highest BCUT2D eigenvalue weighted by atomic mass is 35.5. The summed E-state index contributed by atoms with van der Waals surface area (Å²) in [6, 6.07) is 7.33. The molecule has 1 aliphatic rings. The lowest BCUT2D eigenvalue weighted by atomic mass is 10.2. The molecule has 0 N–H and O–H groups in total. The summed E-state index contributed by atoms with van der Waals surface area (Å²) in [5.41, 5.74) is 0. The van der Waals surface area contributed by atoms with Crippen LogP contribution < -0.4 is 4.74 Å². The van der Waals surface area contributed by atoms with Gasteiger partial charge in [-0.15, -0.1) is 10.2 Å². The van der Waals surface area contributed by atoms with E-state index in [1.807, 2.05) is 29.8 Å². The largest absolute Gasteiger partial charge is 0.484 e. The summed E-state index contributed by atoms with van der Waals surface area (Å²) in [6.07, 6.45) is 4.84. The molecular formula is C17H20ClN3O2S. The number of hydrogen-bond acceptors (Lipinski definition) is 5. The monoisotopic (exact) mass is 365 g/mol. The second-order valence-corrected chi connectivity index (χ2v) is 7.43. The summed E-state index contributed by atoms with van der Waals surface area (Å²) in [5.74, 6) is 1.66. The molecule has 0 saturated heterocycles. The van der Waals surface area contributed by atoms with Gasteiger partial charge in [0, 0.05) is 13.5 Å². The molecule has 1 fully saturated rings. The molecule has 128 valence electrons. The highest BCUT2D eigenvalue weighted by Crippen LogP contribution is 2.30. The van der Waals surface area contributed by atoms with Gasteiger partial charge in [0.1, 0.15) is 18.1 Å². The number of Topliss-reactive ketones (excluding diaryl/α,β-unsaturated/α-hetero) is 1. The fourth-order valence-electron chi connectivity index (χ4n) is 2.66. The minimum Gasteiger partial charge on any atom is -0.484 e. The molecule has 0 spiro atoms. The third kappa shape index (κ3) is 4.11. The van der Waals surface area contributed by atoms with Gasteiger partial charge in [0.25, 0.3) is 0 Å². The van der Waals surface area contributed by atoms with Crippen LogP contribution in [0.15, 0.2) is 29.4 Å². The van der Waals surface area contributed by atoms with Gasteiger partial charge in [0.2, 0.25) is 0 Å². The maximum atomic E-state index is 12.2. The van der Waals surface area contributed by atoms with Crippen molar-refractivity contribution in [2.24, 2.45) is 7.05 Å². The Labute approximate surface area is 150 Å². The van der Waals surface area contributed by atoms with Crippen LogP contribution in [0.25, 0.3) is 0 Å². The maximum absolute atomic E-state index is 12.2. The standard InChI is InChI=1S/C17H20ClN3O2S/c1-21-16(11-23-14-9-6-5-7-12(14)18)19-20-17(21)24-15-10-4-2-3-8-13(15)22/h5-7,9,15H,2-4,8,10-11H2,1H3. The molecule has 0 radical (unpaired) electrons. The lowest BCUT2D eigenvalue weighted by Crippen LogP contribution is -2.16. The fourth-order valence-corrected chi connectivity index (χ4v) is 3.99. The van der Waals surface area contributed by atoms with E-state index < -0.39 is 0 Å². The smallest absolute Gasteiger partial charge is 0.191 e. The SMILES string of the molecule is Cn1c(COc2ccccc2Cl)nnc1SC1CCCCCC1=O. The van der Waals surface area contributed by atoms with Gasteiger partial charge < -0.3 is 9.30 Å². The quantitative estimate of drug-likeness (QED) is 0.748. The fraction of sp³-hybridized carbons (Fsp3) is 0.471. The summed E-state index contributed by atoms with van der Waals surface area (Å²) in [4.78, 5) is 12.2. The predicted octanol–water partition coefficient (Wildman–Crippen LogP) is 4.04. The molecule has 1 atom stereocenters. The van der Waals surface area contributed by atoms with Crippen molar-refractivity contribution in [2.75, 3.05) is 0 Å². The summed E-state index contributed by atoms with van der Waals surface area (Å²) in [6.45, 7) is 0.284. The average molecular weight is 366 g/mol. The number of rotatable bonds is 5. The number of carbonyl (C=O) groups excluding carboxylic acids is 1. The Bertz CT molecular complexity index is 720. The first-order chi connectivity index (χ1) is 11.6. The van der Waals surface area contributed by atoms with Crippen molar-refractivity contribution in [3.63, 3.8) is 0 Å². The number of ketones is 1. The molecule has 1 unspecified atom stereocenters. The summed E-state index contributed by atoms with van der Waals surface area (Å²) in [5, 5.41) is 9.73. The van der Waals surface area contributed by atoms with Gasteiger partial charge in [0.15, 0.2) is 11.0 Å². The van der Waals surface area contributed by atoms with Crippen molar-refractivity contribution in [3.05, 3.63) is 35.1 Å². The number of benzene rings is 1. The lowest BCUT2D eigenvalue weighted by molar-refractivity contribution is -0.118. The van der Waals surface area contributed by atoms with Crippen LogP contribution in [0.4, 0.5) is 0 Å². The Morgan fingerprint density at radius 1 is 1.29 bits per heavy atom. The Morgan fingerprint density at radius 2 is 2.12 bits per heavy atom. The average Bonchev–Trinajstić information content (AvgIpc) is 2.79. The number of hydrogen-bond donors (Lipinski definition) is 0. The van der Waals surface area contributed by atoms with Crippen molar-refractivity contribution in [2.45, 2.75) is 49.1 Å². The minimum atomic E-state index is -0.00673. The molecular weight excluding hydrogens is 346 g/mol. The molecule has 0 amide bonds. The van der Waals surface area contributed by atoms with Gasteiger partial charge in [-0.1, -0.05) is 48.3 Å². The topological polar surface area (TPSA) is 57.0 Å². The van der Waals surface area contributed by atoms with E-state index in [1.165, 1.54) is 11.8 Å². The number of nitrogens with zero attached hydrogens (tertiary/aromatic N) is 3. The first-order valence-electron chi connectivity index (χ1n) is 8.10. The van der Waals surface area contributed by atoms with Gasteiger partial charge in [-0.2, -0.15) is 0 Å². The van der Waals surface area contributed by atoms with E-state index >= 15 is 0 Å². The molecule has 5 nitrogen and oxygen atoms in total. The van der Waals surface area contributed by atoms with Crippen LogP contribution in [0, 0.1) is 0 Å². The first-order valence-corrected chi connectivity index (χ1v) is 9.36. The van der Waals surface area contributed by atoms with E-state index in [4.69, 9.17) is 16.3 Å². The van der Waals surface area contributed by atoms with E-state index in [0.29, 0.717) is 28.8 Å². The number of carbonyl (C=O) groups is 1. The van der Waals surface area contributed by atoms with E-state index in [0.717, 1.165) is 30.8 Å². The summed E-state index contributed by atoms with van der Waals surface area (Å²) in [7, 11) is 1.90. The van der Waals surface area contributed by atoms with Gasteiger partial charge >= 0.3 is 0 Å². The van der Waals surface area contributed by atoms with Crippen LogP contribution in [0.2, 0.25) is 5.02 Å². The Morgan fingerprint density at radius 3 is 2.96 bits per heavy atom. The van der Waals surface area contributed by atoms with E-state index in [2.05, 4.69) is 10.2 Å². The minimum absolute atomic E-state index is 0.00673. The van der Waals surface area contributed by atoms with Crippen molar-refractivity contribution in [3.8, 4) is 5.75 Å². The number of para-hydroxylation sites is 1. The third-order valence-electron chi connectivity index (χ3n) is 4.11. The zero-order chi connectivity index (χ0) is 16.9. The van der Waals surface area contributed by atoms with Crippen LogP contribution in [0.3, 0.4) is 0 Å². The molecule has 1 heterocycles. The first kappa shape index (κ1) is 17.3. The van der Waals surface area contributed by atoms with Gasteiger partial charge in [-0.05, 0) is 25.0 Å². The van der Waals surface area contributed by atoms with Crippen LogP contribution in [0.5, 0.6) is 5.75 Å². The molecule has 7 heteroatoms. The van der Waals surface area contributed by atoms with Gasteiger partial charge in [0.05, 0.1) is 10.3 Å². The van der Waals surface area contributed by atoms with E-state index in [1.54, 1.807) is 6.07 Å². The van der Waals surface area contributed by atoms with Crippen molar-refractivity contribution in [1.29, 1.82) is 0 Å². The molecule has 1 aromatic heterocycles. The van der Waals surface area contributed by atoms with Crippen LogP contribution in [0.1, 0.15) is 37.9 Å². The molecule has 1 saturated carbocycles. The zero-order valence-electron chi connectivity index (χ0n) is 13.6. The van der Waals surface area contributed by atoms with Crippen molar-refractivity contribution >= 4 is 29.1 Å². The molecule has 3 rings (SSSR count).